The molecule has 1 heterocycles. The van der Waals surface area contributed by atoms with Gasteiger partial charge in [0.25, 0.3) is 0 Å². The quantitative estimate of drug-likeness (QED) is 0.215. The fraction of sp³-hybridized carbons (Fsp3) is 0.304. The van der Waals surface area contributed by atoms with Gasteiger partial charge < -0.3 is 0 Å². The van der Waals surface area contributed by atoms with Gasteiger partial charge in [-0.1, -0.05) is 11.6 Å². The molecule has 0 amide bonds. The molecule has 0 aliphatic carbocycles. The molecule has 0 spiro atoms. The molecular weight excluding hydrogens is 526 g/mol. The number of benzene rings is 2. The van der Waals surface area contributed by atoms with Crippen LogP contribution in [0, 0.1) is 6.92 Å². The molecular formula is C23H21ClF3NO4Se. The molecule has 0 aliphatic heterocycles. The molecule has 0 bridgehead atoms. The van der Waals surface area contributed by atoms with Crippen LogP contribution in [0.1, 0.15) is 28.0 Å². The molecule has 3 aromatic rings. The fourth-order valence-corrected chi connectivity index (χ4v) is 4.59. The summed E-state index contributed by atoms with van der Waals surface area (Å²) in [6.07, 6.45) is 0.0235. The molecule has 2 aromatic carbocycles. The van der Waals surface area contributed by atoms with Gasteiger partial charge in [-0.25, -0.2) is 0 Å². The molecule has 0 fully saturated rings. The van der Waals surface area contributed by atoms with Crippen LogP contribution in [0.5, 0.6) is 5.75 Å². The number of halogens is 4. The smallest absolute Gasteiger partial charge is 0.0843 e. The first-order valence-electron chi connectivity index (χ1n) is 9.95. The zero-order valence-corrected chi connectivity index (χ0v) is 20.3. The number of nitrogens with zero attached hydrogens (tertiary/aromatic N) is 1. The van der Waals surface area contributed by atoms with Gasteiger partial charge in [-0.2, -0.15) is 0 Å². The normalized spacial score (nSPS) is 11.6. The van der Waals surface area contributed by atoms with Crippen molar-refractivity contribution in [2.24, 2.45) is 0 Å². The van der Waals surface area contributed by atoms with E-state index in [0.29, 0.717) is 38.5 Å². The Morgan fingerprint density at radius 3 is 2.45 bits per heavy atom. The molecule has 0 saturated heterocycles. The summed E-state index contributed by atoms with van der Waals surface area (Å²) < 4.78 is 48.8. The summed E-state index contributed by atoms with van der Waals surface area (Å²) in [6, 6.07) is 11.7. The third-order valence-corrected chi connectivity index (χ3v) is 6.95. The van der Waals surface area contributed by atoms with Crippen LogP contribution >= 0.6 is 11.6 Å². The third-order valence-electron chi connectivity index (χ3n) is 4.97. The van der Waals surface area contributed by atoms with Crippen LogP contribution in [0.4, 0.5) is 13.2 Å². The Morgan fingerprint density at radius 2 is 1.82 bits per heavy atom. The number of rotatable bonds is 8. The number of carbonyl (C=O) groups excluding carboxylic acids is 2. The molecule has 0 N–H and O–H groups in total. The van der Waals surface area contributed by atoms with E-state index in [9.17, 15) is 22.8 Å². The van der Waals surface area contributed by atoms with Gasteiger partial charge in [-0.3, -0.25) is 0 Å². The SMILES string of the molecule is COc1ccc2c(c1)c(CC(=O)OCCC[Se]C(F)(F)F)c(C)n2C(=O)c1ccc(Cl)cc1. The van der Waals surface area contributed by atoms with E-state index in [4.69, 9.17) is 21.1 Å². The number of esters is 1. The van der Waals surface area contributed by atoms with E-state index < -0.39 is 26.0 Å². The molecule has 3 rings (SSSR count). The molecule has 0 radical (unpaired) electrons. The van der Waals surface area contributed by atoms with Crippen molar-refractivity contribution < 1.29 is 32.2 Å². The van der Waals surface area contributed by atoms with Crippen molar-refractivity contribution >= 4 is 49.3 Å². The zero-order chi connectivity index (χ0) is 24.2. The summed E-state index contributed by atoms with van der Waals surface area (Å²) in [5.74, 6) is -0.297. The monoisotopic (exact) mass is 547 g/mol. The average Bonchev–Trinajstić information content (AvgIpc) is 3.03. The van der Waals surface area contributed by atoms with Crippen molar-refractivity contribution in [1.29, 1.82) is 0 Å². The van der Waals surface area contributed by atoms with E-state index in [2.05, 4.69) is 0 Å². The van der Waals surface area contributed by atoms with Crippen molar-refractivity contribution in [3.05, 3.63) is 64.3 Å². The Bertz CT molecular complexity index is 1160. The number of alkyl halides is 3. The summed E-state index contributed by atoms with van der Waals surface area (Å²) in [5.41, 5.74) is 2.19. The predicted molar refractivity (Wildman–Crippen MR) is 120 cm³/mol. The number of carbonyl (C=O) groups is 2. The van der Waals surface area contributed by atoms with Gasteiger partial charge in [0.2, 0.25) is 0 Å². The summed E-state index contributed by atoms with van der Waals surface area (Å²) in [7, 11) is 1.51. The molecule has 33 heavy (non-hydrogen) atoms. The Labute approximate surface area is 200 Å². The maximum absolute atomic E-state index is 13.3. The van der Waals surface area contributed by atoms with E-state index in [-0.39, 0.29) is 30.7 Å². The van der Waals surface area contributed by atoms with Gasteiger partial charge in [0.1, 0.15) is 0 Å². The van der Waals surface area contributed by atoms with Crippen LogP contribution in [0.3, 0.4) is 0 Å². The summed E-state index contributed by atoms with van der Waals surface area (Å²) in [4.78, 5) is 25.7. The van der Waals surface area contributed by atoms with Crippen LogP contribution in [0.15, 0.2) is 42.5 Å². The van der Waals surface area contributed by atoms with E-state index in [0.717, 1.165) is 0 Å². The van der Waals surface area contributed by atoms with Gasteiger partial charge in [0, 0.05) is 5.02 Å². The molecule has 0 atom stereocenters. The second-order valence-corrected chi connectivity index (χ2v) is 10.0. The number of aromatic nitrogens is 1. The molecule has 0 saturated carbocycles. The molecule has 5 nitrogen and oxygen atoms in total. The van der Waals surface area contributed by atoms with Crippen molar-refractivity contribution in [2.75, 3.05) is 13.7 Å². The first-order valence-corrected chi connectivity index (χ1v) is 12.4. The Kier molecular flexibility index (Phi) is 8.10. The Hall–Kier alpha value is -2.48. The summed E-state index contributed by atoms with van der Waals surface area (Å²) in [6.45, 7) is 1.65. The Morgan fingerprint density at radius 1 is 1.12 bits per heavy atom. The second-order valence-electron chi connectivity index (χ2n) is 7.14. The zero-order valence-electron chi connectivity index (χ0n) is 17.9. The molecule has 1 aromatic heterocycles. The fourth-order valence-electron chi connectivity index (χ4n) is 3.42. The van der Waals surface area contributed by atoms with Crippen molar-refractivity contribution in [2.45, 2.75) is 30.2 Å². The number of methoxy groups -OCH3 is 1. The number of ether oxygens (including phenoxy) is 2. The number of fused-ring (bicyclic) bond motifs is 1. The van der Waals surface area contributed by atoms with Crippen molar-refractivity contribution in [3.63, 3.8) is 0 Å². The Balaban J connectivity index is 1.85. The minimum Gasteiger partial charge on any atom is -0.0843 e. The van der Waals surface area contributed by atoms with E-state index in [1.165, 1.54) is 11.7 Å². The molecule has 176 valence electrons. The van der Waals surface area contributed by atoms with Crippen LogP contribution in [-0.2, 0) is 16.0 Å². The summed E-state index contributed by atoms with van der Waals surface area (Å²) >= 11 is 4.44. The molecule has 10 heteroatoms. The van der Waals surface area contributed by atoms with Crippen LogP contribution < -0.4 is 4.74 Å². The van der Waals surface area contributed by atoms with Crippen LogP contribution in [0.25, 0.3) is 10.9 Å². The minimum absolute atomic E-state index is 0.0467. The topological polar surface area (TPSA) is 57.5 Å². The minimum atomic E-state index is -4.16. The van der Waals surface area contributed by atoms with Gasteiger partial charge >= 0.3 is 171 Å². The predicted octanol–water partition coefficient (Wildman–Crippen LogP) is 5.42. The van der Waals surface area contributed by atoms with Gasteiger partial charge in [0.15, 0.2) is 0 Å². The summed E-state index contributed by atoms with van der Waals surface area (Å²) in [5, 5.41) is -3.04. The standard InChI is InChI=1S/C23H21ClF3NO4Se/c1-14-18(13-21(29)32-10-3-11-33-23(25,26)27)19-12-17(31-2)8-9-20(19)28(14)22(30)15-4-6-16(24)7-5-15/h4-9,12H,3,10-11,13H2,1-2H3. The maximum atomic E-state index is 13.3. The molecule has 0 aliphatic rings. The number of hydrogen-bond donors (Lipinski definition) is 0. The van der Waals surface area contributed by atoms with Crippen LogP contribution in [-0.4, -0.2) is 50.2 Å². The molecule has 0 unspecified atom stereocenters. The number of hydrogen-bond acceptors (Lipinski definition) is 4. The van der Waals surface area contributed by atoms with E-state index >= 15 is 0 Å². The van der Waals surface area contributed by atoms with Crippen molar-refractivity contribution in [3.8, 4) is 5.75 Å². The third kappa shape index (κ3) is 6.31. The van der Waals surface area contributed by atoms with Crippen LogP contribution in [0.2, 0.25) is 10.3 Å². The first kappa shape index (κ1) is 25.1. The average molecular weight is 547 g/mol. The first-order chi connectivity index (χ1) is 15.6. The van der Waals surface area contributed by atoms with Gasteiger partial charge in [0.05, 0.1) is 0 Å². The van der Waals surface area contributed by atoms with Crippen molar-refractivity contribution in [1.82, 2.24) is 4.57 Å². The van der Waals surface area contributed by atoms with E-state index in [1.54, 1.807) is 49.4 Å². The van der Waals surface area contributed by atoms with Gasteiger partial charge in [-0.05, 0) is 12.1 Å². The van der Waals surface area contributed by atoms with E-state index in [1.807, 2.05) is 0 Å². The second kappa shape index (κ2) is 10.6. The van der Waals surface area contributed by atoms with Gasteiger partial charge in [-0.15, -0.1) is 0 Å².